The van der Waals surface area contributed by atoms with E-state index in [1.54, 1.807) is 13.0 Å². The number of carbonyl (C=O) groups excluding carboxylic acids is 1. The highest BCUT2D eigenvalue weighted by molar-refractivity contribution is 6.35. The van der Waals surface area contributed by atoms with Gasteiger partial charge in [0.25, 0.3) is 5.91 Å². The highest BCUT2D eigenvalue weighted by Gasteiger charge is 2.11. The zero-order chi connectivity index (χ0) is 13.8. The van der Waals surface area contributed by atoms with Gasteiger partial charge in [0.2, 0.25) is 0 Å². The Morgan fingerprint density at radius 1 is 1.53 bits per heavy atom. The average Bonchev–Trinajstić information content (AvgIpc) is 2.44. The second-order valence-electron chi connectivity index (χ2n) is 4.25. The molecule has 2 rings (SSSR count). The molecule has 1 aromatic carbocycles. The molecule has 2 aromatic rings. The lowest BCUT2D eigenvalue weighted by Gasteiger charge is -2.07. The minimum Gasteiger partial charge on any atom is -0.349 e. The van der Waals surface area contributed by atoms with Crippen LogP contribution >= 0.6 is 11.6 Å². The summed E-state index contributed by atoms with van der Waals surface area (Å²) in [7, 11) is 0. The van der Waals surface area contributed by atoms with Gasteiger partial charge >= 0.3 is 0 Å². The molecule has 4 nitrogen and oxygen atoms in total. The maximum atomic E-state index is 11.9. The molecule has 0 radical (unpaired) electrons. The van der Waals surface area contributed by atoms with Crippen molar-refractivity contribution in [3.8, 4) is 6.07 Å². The zero-order valence-corrected chi connectivity index (χ0v) is 11.1. The standard InChI is InChI=1S/C14H12ClN3O/c1-9(7-16)8-17-14(19)13-6-11(15)10-4-2-3-5-12(10)18-13/h2-6,9H,8H2,1H3,(H,17,19). The van der Waals surface area contributed by atoms with E-state index in [1.807, 2.05) is 18.2 Å². The van der Waals surface area contributed by atoms with E-state index >= 15 is 0 Å². The summed E-state index contributed by atoms with van der Waals surface area (Å²) in [5.41, 5.74) is 0.933. The number of fused-ring (bicyclic) bond motifs is 1. The summed E-state index contributed by atoms with van der Waals surface area (Å²) in [5.74, 6) is -0.561. The Hall–Kier alpha value is -2.12. The Labute approximate surface area is 116 Å². The molecule has 0 bridgehead atoms. The Morgan fingerprint density at radius 2 is 2.26 bits per heavy atom. The van der Waals surface area contributed by atoms with E-state index in [9.17, 15) is 4.79 Å². The molecule has 1 heterocycles. The number of rotatable bonds is 3. The minimum atomic E-state index is -0.324. The van der Waals surface area contributed by atoms with Crippen LogP contribution in [-0.2, 0) is 0 Å². The molecule has 5 heteroatoms. The molecule has 0 spiro atoms. The van der Waals surface area contributed by atoms with E-state index in [-0.39, 0.29) is 17.5 Å². The SMILES string of the molecule is CC(C#N)CNC(=O)c1cc(Cl)c2ccccc2n1. The fourth-order valence-corrected chi connectivity index (χ4v) is 1.89. The van der Waals surface area contributed by atoms with Crippen molar-refractivity contribution >= 4 is 28.4 Å². The number of nitrogens with one attached hydrogen (secondary N) is 1. The summed E-state index contributed by atoms with van der Waals surface area (Å²) < 4.78 is 0. The summed E-state index contributed by atoms with van der Waals surface area (Å²) >= 11 is 6.12. The molecule has 1 amide bonds. The predicted octanol–water partition coefficient (Wildman–Crippen LogP) is 2.78. The molecule has 0 aliphatic heterocycles. The van der Waals surface area contributed by atoms with Crippen LogP contribution in [0.2, 0.25) is 5.02 Å². The number of para-hydroxylation sites is 1. The number of nitriles is 1. The smallest absolute Gasteiger partial charge is 0.269 e. The molecule has 0 saturated carbocycles. The second kappa shape index (κ2) is 5.68. The van der Waals surface area contributed by atoms with Crippen LogP contribution in [-0.4, -0.2) is 17.4 Å². The van der Waals surface area contributed by atoms with Gasteiger partial charge in [0.15, 0.2) is 0 Å². The molecular formula is C14H12ClN3O. The molecule has 1 atom stereocenters. The van der Waals surface area contributed by atoms with Crippen LogP contribution in [0.25, 0.3) is 10.9 Å². The van der Waals surface area contributed by atoms with E-state index in [2.05, 4.69) is 16.4 Å². The van der Waals surface area contributed by atoms with E-state index in [0.717, 1.165) is 5.39 Å². The van der Waals surface area contributed by atoms with Gasteiger partial charge in [0.05, 0.1) is 22.5 Å². The average molecular weight is 274 g/mol. The first-order chi connectivity index (χ1) is 9.11. The molecular weight excluding hydrogens is 262 g/mol. The van der Waals surface area contributed by atoms with Gasteiger partial charge in [-0.25, -0.2) is 4.98 Å². The van der Waals surface area contributed by atoms with Crippen LogP contribution in [0.4, 0.5) is 0 Å². The number of benzene rings is 1. The van der Waals surface area contributed by atoms with Crippen LogP contribution < -0.4 is 5.32 Å². The van der Waals surface area contributed by atoms with Crippen LogP contribution in [0, 0.1) is 17.2 Å². The largest absolute Gasteiger partial charge is 0.349 e. The second-order valence-corrected chi connectivity index (χ2v) is 4.65. The first-order valence-corrected chi connectivity index (χ1v) is 6.22. The maximum Gasteiger partial charge on any atom is 0.269 e. The van der Waals surface area contributed by atoms with Crippen LogP contribution in [0.1, 0.15) is 17.4 Å². The van der Waals surface area contributed by atoms with Gasteiger partial charge in [-0.1, -0.05) is 29.8 Å². The molecule has 0 fully saturated rings. The topological polar surface area (TPSA) is 65.8 Å². The van der Waals surface area contributed by atoms with Crippen molar-refractivity contribution in [1.82, 2.24) is 10.3 Å². The molecule has 19 heavy (non-hydrogen) atoms. The van der Waals surface area contributed by atoms with Crippen molar-refractivity contribution < 1.29 is 4.79 Å². The Bertz CT molecular complexity index is 663. The summed E-state index contributed by atoms with van der Waals surface area (Å²) in [6, 6.07) is 10.9. The highest BCUT2D eigenvalue weighted by atomic mass is 35.5. The lowest BCUT2D eigenvalue weighted by molar-refractivity contribution is 0.0946. The van der Waals surface area contributed by atoms with Crippen molar-refractivity contribution in [2.45, 2.75) is 6.92 Å². The van der Waals surface area contributed by atoms with E-state index in [4.69, 9.17) is 16.9 Å². The fraction of sp³-hybridized carbons (Fsp3) is 0.214. The lowest BCUT2D eigenvalue weighted by atomic mass is 10.2. The number of hydrogen-bond donors (Lipinski definition) is 1. The van der Waals surface area contributed by atoms with Gasteiger partial charge in [0, 0.05) is 11.9 Å². The Balaban J connectivity index is 2.26. The van der Waals surface area contributed by atoms with Crippen molar-refractivity contribution in [3.63, 3.8) is 0 Å². The molecule has 96 valence electrons. The fourth-order valence-electron chi connectivity index (χ4n) is 1.63. The van der Waals surface area contributed by atoms with Crippen LogP contribution in [0.15, 0.2) is 30.3 Å². The summed E-state index contributed by atoms with van der Waals surface area (Å²) in [4.78, 5) is 16.2. The molecule has 0 saturated heterocycles. The third-order valence-corrected chi connectivity index (χ3v) is 3.00. The normalized spacial score (nSPS) is 11.8. The van der Waals surface area contributed by atoms with E-state index < -0.39 is 0 Å². The maximum absolute atomic E-state index is 11.9. The van der Waals surface area contributed by atoms with Gasteiger partial charge in [-0.15, -0.1) is 0 Å². The quantitative estimate of drug-likeness (QED) is 0.935. The summed E-state index contributed by atoms with van der Waals surface area (Å²) in [6.07, 6.45) is 0. The summed E-state index contributed by atoms with van der Waals surface area (Å²) in [6.45, 7) is 2.03. The Kier molecular flexibility index (Phi) is 3.98. The number of nitrogens with zero attached hydrogens (tertiary/aromatic N) is 2. The third kappa shape index (κ3) is 3.01. The number of carbonyl (C=O) groups is 1. The van der Waals surface area contributed by atoms with E-state index in [0.29, 0.717) is 17.1 Å². The van der Waals surface area contributed by atoms with Crippen LogP contribution in [0.5, 0.6) is 0 Å². The molecule has 0 aliphatic rings. The number of aromatic nitrogens is 1. The summed E-state index contributed by atoms with van der Waals surface area (Å²) in [5, 5.41) is 12.6. The van der Waals surface area contributed by atoms with Crippen molar-refractivity contribution in [1.29, 1.82) is 5.26 Å². The van der Waals surface area contributed by atoms with Crippen molar-refractivity contribution in [3.05, 3.63) is 41.0 Å². The predicted molar refractivity (Wildman–Crippen MR) is 73.9 cm³/mol. The van der Waals surface area contributed by atoms with Gasteiger partial charge in [-0.3, -0.25) is 4.79 Å². The van der Waals surface area contributed by atoms with Gasteiger partial charge in [-0.05, 0) is 19.1 Å². The first-order valence-electron chi connectivity index (χ1n) is 5.85. The van der Waals surface area contributed by atoms with Crippen molar-refractivity contribution in [2.75, 3.05) is 6.54 Å². The number of hydrogen-bond acceptors (Lipinski definition) is 3. The van der Waals surface area contributed by atoms with Gasteiger partial charge < -0.3 is 5.32 Å². The third-order valence-electron chi connectivity index (χ3n) is 2.69. The van der Waals surface area contributed by atoms with Crippen LogP contribution in [0.3, 0.4) is 0 Å². The van der Waals surface area contributed by atoms with Crippen molar-refractivity contribution in [2.24, 2.45) is 5.92 Å². The number of halogens is 1. The first kappa shape index (κ1) is 13.3. The Morgan fingerprint density at radius 3 is 3.00 bits per heavy atom. The van der Waals surface area contributed by atoms with E-state index in [1.165, 1.54) is 6.07 Å². The minimum absolute atomic E-state index is 0.236. The molecule has 1 aromatic heterocycles. The number of amides is 1. The zero-order valence-electron chi connectivity index (χ0n) is 10.4. The molecule has 0 aliphatic carbocycles. The molecule has 1 unspecified atom stereocenters. The number of pyridine rings is 1. The van der Waals surface area contributed by atoms with Gasteiger partial charge in [-0.2, -0.15) is 5.26 Å². The highest BCUT2D eigenvalue weighted by Crippen LogP contribution is 2.22. The monoisotopic (exact) mass is 273 g/mol. The molecule has 1 N–H and O–H groups in total. The lowest BCUT2D eigenvalue weighted by Crippen LogP contribution is -2.28. The van der Waals surface area contributed by atoms with Gasteiger partial charge in [0.1, 0.15) is 5.69 Å².